The standard InChI is InChI=1S/C27H43O3.3C4H9.Sn/c1-17(2)7-6-8-18(3)21-9-10-22-20-16-25(30-29)24-15-19(28)11-13-27(24,5)23(20)12-14-26(21,22)4;3*1-3-4-2;/h15-18,20-23,25,29H,6-14H2,1-5H3;3*1,3-4H2,2H3;/t18-,20+,21-,22+,23+,25-,26-,27-;;;;/m1..../s1. The molecule has 4 aliphatic carbocycles. The average molecular weight is 706 g/mol. The van der Waals surface area contributed by atoms with Crippen LogP contribution in [0.3, 0.4) is 0 Å². The van der Waals surface area contributed by atoms with Crippen LogP contribution in [0.2, 0.25) is 17.2 Å². The van der Waals surface area contributed by atoms with Gasteiger partial charge in [0, 0.05) is 0 Å². The summed E-state index contributed by atoms with van der Waals surface area (Å²) in [7, 11) is 0. The first-order chi connectivity index (χ1) is 20.5. The van der Waals surface area contributed by atoms with Crippen molar-refractivity contribution in [3.8, 4) is 0 Å². The van der Waals surface area contributed by atoms with Crippen molar-refractivity contribution in [1.82, 2.24) is 0 Å². The zero-order valence-corrected chi connectivity index (χ0v) is 32.5. The van der Waals surface area contributed by atoms with Crippen LogP contribution in [0, 0.1) is 46.3 Å². The predicted octanol–water partition coefficient (Wildman–Crippen LogP) is 11.9. The summed E-state index contributed by atoms with van der Waals surface area (Å²) >= 11 is -2.94. The molecule has 0 unspecified atom stereocenters. The van der Waals surface area contributed by atoms with Crippen LogP contribution in [-0.4, -0.2) is 35.5 Å². The molecule has 4 rings (SSSR count). The summed E-state index contributed by atoms with van der Waals surface area (Å²) in [5, 5.41) is 11.0. The van der Waals surface area contributed by atoms with Crippen LogP contribution in [0.15, 0.2) is 11.6 Å². The number of carbonyl (C=O) groups excluding carboxylic acids is 1. The number of fused-ring (bicyclic) bond motifs is 5. The molecule has 3 nitrogen and oxygen atoms in total. The normalized spacial score (nSPS) is 36.7. The Hall–Kier alpha value is 0.129. The summed E-state index contributed by atoms with van der Waals surface area (Å²) < 4.78 is 4.82. The Kier molecular flexibility index (Phi) is 12.8. The Morgan fingerprint density at radius 3 is 2.07 bits per heavy atom. The van der Waals surface area contributed by atoms with E-state index in [2.05, 4.69) is 55.4 Å². The van der Waals surface area contributed by atoms with Crippen molar-refractivity contribution in [2.24, 2.45) is 46.3 Å². The van der Waals surface area contributed by atoms with Crippen LogP contribution in [0.4, 0.5) is 0 Å². The average Bonchev–Trinajstić information content (AvgIpc) is 3.34. The SMILES string of the molecule is CCC[CH2][Sn]([CH2]CCC)([CH2]CCC)[C@H]1[C@H]2[C@@H]3CC[C@H]([C@H](C)CCCC(C)C)[C@@]3(C)CC[C@@H]2[C@@]2(C)CCC(=O)C=C2[C@@H]1OO. The first-order valence-electron chi connectivity index (χ1n) is 19.1. The topological polar surface area (TPSA) is 46.5 Å². The quantitative estimate of drug-likeness (QED) is 0.0988. The van der Waals surface area contributed by atoms with Crippen molar-refractivity contribution in [2.75, 3.05) is 0 Å². The minimum atomic E-state index is -2.94. The summed E-state index contributed by atoms with van der Waals surface area (Å²) in [6.45, 7) is 19.7. The molecule has 248 valence electrons. The second-order valence-electron chi connectivity index (χ2n) is 17.0. The molecular formula is C39H70O3Sn. The zero-order valence-electron chi connectivity index (χ0n) is 29.7. The molecule has 0 amide bonds. The molecule has 0 bridgehead atoms. The summed E-state index contributed by atoms with van der Waals surface area (Å²) in [6, 6.07) is 0. The fourth-order valence-electron chi connectivity index (χ4n) is 11.9. The van der Waals surface area contributed by atoms with Crippen molar-refractivity contribution in [2.45, 2.75) is 175 Å². The van der Waals surface area contributed by atoms with E-state index in [1.807, 2.05) is 6.08 Å². The predicted molar refractivity (Wildman–Crippen MR) is 185 cm³/mol. The maximum absolute atomic E-state index is 13.0. The van der Waals surface area contributed by atoms with Gasteiger partial charge in [0.25, 0.3) is 0 Å². The van der Waals surface area contributed by atoms with Gasteiger partial charge >= 0.3 is 272 Å². The van der Waals surface area contributed by atoms with Crippen molar-refractivity contribution in [3.63, 3.8) is 0 Å². The van der Waals surface area contributed by atoms with Crippen molar-refractivity contribution >= 4 is 24.2 Å². The molecule has 0 heterocycles. The van der Waals surface area contributed by atoms with Gasteiger partial charge < -0.3 is 0 Å². The number of unbranched alkanes of at least 4 members (excludes halogenated alkanes) is 3. The van der Waals surface area contributed by atoms with Crippen LogP contribution in [-0.2, 0) is 9.68 Å². The third-order valence-corrected chi connectivity index (χ3v) is 31.7. The Balaban J connectivity index is 1.83. The molecule has 4 aliphatic rings. The molecule has 0 radical (unpaired) electrons. The molecular weight excluding hydrogens is 635 g/mol. The summed E-state index contributed by atoms with van der Waals surface area (Å²) in [6.07, 6.45) is 20.7. The van der Waals surface area contributed by atoms with E-state index in [0.717, 1.165) is 30.1 Å². The minimum absolute atomic E-state index is 0.0113. The third-order valence-electron chi connectivity index (χ3n) is 14.2. The number of rotatable bonds is 16. The molecule has 0 aliphatic heterocycles. The van der Waals surface area contributed by atoms with Crippen molar-refractivity contribution in [3.05, 3.63) is 11.6 Å². The molecule has 0 spiro atoms. The molecule has 43 heavy (non-hydrogen) atoms. The Morgan fingerprint density at radius 1 is 0.884 bits per heavy atom. The third kappa shape index (κ3) is 7.05. The molecule has 4 heteroatoms. The van der Waals surface area contributed by atoms with Gasteiger partial charge in [-0.05, 0) is 0 Å². The Labute approximate surface area is 271 Å². The molecule has 0 aromatic rings. The van der Waals surface area contributed by atoms with Gasteiger partial charge in [-0.15, -0.1) is 0 Å². The van der Waals surface area contributed by atoms with E-state index in [1.54, 1.807) is 0 Å². The van der Waals surface area contributed by atoms with Gasteiger partial charge in [-0.2, -0.15) is 0 Å². The van der Waals surface area contributed by atoms with Crippen LogP contribution in [0.5, 0.6) is 0 Å². The van der Waals surface area contributed by atoms with E-state index in [9.17, 15) is 10.1 Å². The fourth-order valence-corrected chi connectivity index (χ4v) is 32.1. The molecule has 9 atom stereocenters. The monoisotopic (exact) mass is 706 g/mol. The molecule has 3 fully saturated rings. The first kappa shape index (κ1) is 36.0. The number of ketones is 1. The van der Waals surface area contributed by atoms with Gasteiger partial charge in [0.15, 0.2) is 0 Å². The van der Waals surface area contributed by atoms with Gasteiger partial charge in [-0.3, -0.25) is 0 Å². The van der Waals surface area contributed by atoms with E-state index in [-0.39, 0.29) is 17.3 Å². The number of hydrogen-bond donors (Lipinski definition) is 1. The summed E-state index contributed by atoms with van der Waals surface area (Å²) in [5.41, 5.74) is 1.60. The second kappa shape index (κ2) is 15.4. The number of carbonyl (C=O) groups is 1. The van der Waals surface area contributed by atoms with E-state index >= 15 is 0 Å². The fraction of sp³-hybridized carbons (Fsp3) is 0.923. The van der Waals surface area contributed by atoms with Gasteiger partial charge in [0.05, 0.1) is 0 Å². The van der Waals surface area contributed by atoms with Crippen molar-refractivity contribution in [1.29, 1.82) is 0 Å². The van der Waals surface area contributed by atoms with Crippen LogP contribution in [0.25, 0.3) is 0 Å². The van der Waals surface area contributed by atoms with Crippen LogP contribution < -0.4 is 0 Å². The first-order valence-corrected chi connectivity index (χ1v) is 26.8. The summed E-state index contributed by atoms with van der Waals surface area (Å²) in [4.78, 5) is 18.9. The van der Waals surface area contributed by atoms with E-state index in [4.69, 9.17) is 4.89 Å². The van der Waals surface area contributed by atoms with Crippen molar-refractivity contribution < 1.29 is 14.9 Å². The van der Waals surface area contributed by atoms with E-state index < -0.39 is 18.4 Å². The molecule has 0 saturated heterocycles. The van der Waals surface area contributed by atoms with Gasteiger partial charge in [-0.1, -0.05) is 0 Å². The zero-order chi connectivity index (χ0) is 31.4. The van der Waals surface area contributed by atoms with Gasteiger partial charge in [0.2, 0.25) is 0 Å². The molecule has 3 saturated carbocycles. The maximum atomic E-state index is 13.0. The Bertz CT molecular complexity index is 921. The van der Waals surface area contributed by atoms with Crippen LogP contribution >= 0.6 is 0 Å². The molecule has 0 aromatic heterocycles. The van der Waals surface area contributed by atoms with Gasteiger partial charge in [-0.25, -0.2) is 0 Å². The second-order valence-corrected chi connectivity index (χ2v) is 31.0. The van der Waals surface area contributed by atoms with Gasteiger partial charge in [0.1, 0.15) is 0 Å². The molecule has 0 aromatic carbocycles. The Morgan fingerprint density at radius 2 is 1.51 bits per heavy atom. The van der Waals surface area contributed by atoms with E-state index in [0.29, 0.717) is 27.6 Å². The van der Waals surface area contributed by atoms with Crippen LogP contribution in [0.1, 0.15) is 152 Å². The van der Waals surface area contributed by atoms with E-state index in [1.165, 1.54) is 102 Å². The molecule has 1 N–H and O–H groups in total. The summed E-state index contributed by atoms with van der Waals surface area (Å²) in [5.74, 6) is 4.71. The number of hydrogen-bond acceptors (Lipinski definition) is 3.